The van der Waals surface area contributed by atoms with E-state index in [9.17, 15) is 35.6 Å². The summed E-state index contributed by atoms with van der Waals surface area (Å²) in [5.74, 6) is -7.42. The summed E-state index contributed by atoms with van der Waals surface area (Å²) < 4.78 is 85.2. The maximum absolute atomic E-state index is 13.2. The van der Waals surface area contributed by atoms with Crippen LogP contribution in [0.1, 0.15) is 5.82 Å². The minimum absolute atomic E-state index is 0.470. The number of halogens is 5. The van der Waals surface area contributed by atoms with Crippen LogP contribution in [0.2, 0.25) is 0 Å². The largest absolute Gasteiger partial charge is 0.461 e. The van der Waals surface area contributed by atoms with E-state index in [1.807, 2.05) is 0 Å². The topological polar surface area (TPSA) is 85.1 Å². The predicted octanol–water partition coefficient (Wildman–Crippen LogP) is 1.73. The third-order valence-electron chi connectivity index (χ3n) is 2.49. The summed E-state index contributed by atoms with van der Waals surface area (Å²) in [6.07, 6.45) is -5.21. The van der Waals surface area contributed by atoms with E-state index in [4.69, 9.17) is 0 Å². The molecule has 1 N–H and O–H groups in total. The van der Waals surface area contributed by atoms with Crippen molar-refractivity contribution < 1.29 is 35.6 Å². The number of alkyl halides is 5. The summed E-state index contributed by atoms with van der Waals surface area (Å²) >= 11 is 0. The third kappa shape index (κ3) is 2.39. The molecular formula is C9H6F5N3O3S. The van der Waals surface area contributed by atoms with E-state index in [-0.39, 0.29) is 0 Å². The fourth-order valence-electron chi connectivity index (χ4n) is 1.47. The van der Waals surface area contributed by atoms with E-state index in [0.717, 1.165) is 18.4 Å². The number of rotatable bonds is 2. The van der Waals surface area contributed by atoms with Crippen LogP contribution in [0, 0.1) is 0 Å². The van der Waals surface area contributed by atoms with Gasteiger partial charge < -0.3 is 5.21 Å². The molecule has 21 heavy (non-hydrogen) atoms. The monoisotopic (exact) mass is 331 g/mol. The van der Waals surface area contributed by atoms with Crippen molar-refractivity contribution in [2.45, 2.75) is 17.1 Å². The molecule has 2 aromatic rings. The predicted molar refractivity (Wildman–Crippen MR) is 57.8 cm³/mol. The summed E-state index contributed by atoms with van der Waals surface area (Å²) in [4.78, 5) is 6.23. The molecule has 0 unspecified atom stereocenters. The Hall–Kier alpha value is -1.98. The number of hydrogen-bond donors (Lipinski definition) is 1. The Morgan fingerprint density at radius 3 is 2.19 bits per heavy atom. The van der Waals surface area contributed by atoms with Gasteiger partial charge in [-0.15, -0.1) is 0 Å². The first kappa shape index (κ1) is 15.4. The van der Waals surface area contributed by atoms with Crippen molar-refractivity contribution in [1.82, 2.24) is 14.7 Å². The SMILES string of the molecule is CS(=O)(=O)c1ccc2c(n1)nc(C(F)(F)C(F)(F)F)n2O. The van der Waals surface area contributed by atoms with Crippen LogP contribution in [0.4, 0.5) is 22.0 Å². The van der Waals surface area contributed by atoms with E-state index in [0.29, 0.717) is 0 Å². The number of hydrogen-bond acceptors (Lipinski definition) is 5. The van der Waals surface area contributed by atoms with Crippen LogP contribution < -0.4 is 0 Å². The molecule has 0 bridgehead atoms. The highest BCUT2D eigenvalue weighted by atomic mass is 32.2. The van der Waals surface area contributed by atoms with E-state index in [1.54, 1.807) is 0 Å². The Bertz CT molecular complexity index is 812. The first-order chi connectivity index (χ1) is 9.35. The van der Waals surface area contributed by atoms with Gasteiger partial charge in [0.2, 0.25) is 5.82 Å². The lowest BCUT2D eigenvalue weighted by atomic mass is 10.3. The quantitative estimate of drug-likeness (QED) is 0.669. The number of sulfone groups is 1. The molecule has 0 fully saturated rings. The molecule has 0 aliphatic rings. The zero-order valence-corrected chi connectivity index (χ0v) is 10.9. The number of fused-ring (bicyclic) bond motifs is 1. The average Bonchev–Trinajstić information content (AvgIpc) is 2.64. The van der Waals surface area contributed by atoms with Gasteiger partial charge in [0.15, 0.2) is 20.5 Å². The van der Waals surface area contributed by atoms with Crippen molar-refractivity contribution in [2.24, 2.45) is 0 Å². The van der Waals surface area contributed by atoms with Crippen LogP contribution >= 0.6 is 0 Å². The molecule has 0 saturated heterocycles. The molecule has 0 atom stereocenters. The first-order valence-corrected chi connectivity index (χ1v) is 6.98. The number of imidazole rings is 1. The Balaban J connectivity index is 2.73. The summed E-state index contributed by atoms with van der Waals surface area (Å²) in [6.45, 7) is 0. The van der Waals surface area contributed by atoms with Crippen LogP contribution in [-0.4, -0.2) is 40.8 Å². The summed E-state index contributed by atoms with van der Waals surface area (Å²) in [5, 5.41) is 8.79. The number of pyridine rings is 1. The Morgan fingerprint density at radius 1 is 1.14 bits per heavy atom. The standard InChI is InChI=1S/C9H6F5N3O3S/c1-21(19,20)5-3-2-4-6(15-5)16-7(17(4)18)8(10,11)9(12,13)14/h2-3,18H,1H3. The maximum atomic E-state index is 13.2. The van der Waals surface area contributed by atoms with Crippen LogP contribution in [0.5, 0.6) is 0 Å². The summed E-state index contributed by atoms with van der Waals surface area (Å²) in [5.41, 5.74) is -1.33. The van der Waals surface area contributed by atoms with E-state index >= 15 is 0 Å². The lowest BCUT2D eigenvalue weighted by molar-refractivity contribution is -0.295. The second-order valence-electron chi connectivity index (χ2n) is 4.08. The van der Waals surface area contributed by atoms with Crippen LogP contribution in [0.25, 0.3) is 11.2 Å². The van der Waals surface area contributed by atoms with Crippen LogP contribution in [-0.2, 0) is 15.8 Å². The smallest absolute Gasteiger partial charge is 0.426 e. The molecule has 0 saturated carbocycles. The molecule has 116 valence electrons. The van der Waals surface area contributed by atoms with Crippen molar-refractivity contribution in [3.63, 3.8) is 0 Å². The molecule has 6 nitrogen and oxygen atoms in total. The van der Waals surface area contributed by atoms with Gasteiger partial charge in [-0.3, -0.25) is 0 Å². The normalized spacial score (nSPS) is 13.8. The molecule has 0 radical (unpaired) electrons. The summed E-state index contributed by atoms with van der Waals surface area (Å²) in [6, 6.07) is 1.67. The van der Waals surface area contributed by atoms with Crippen LogP contribution in [0.15, 0.2) is 17.2 Å². The van der Waals surface area contributed by atoms with Crippen molar-refractivity contribution in [3.8, 4) is 0 Å². The van der Waals surface area contributed by atoms with Gasteiger partial charge in [-0.2, -0.15) is 26.7 Å². The zero-order chi connectivity index (χ0) is 16.2. The Labute approximate surface area is 113 Å². The number of nitrogens with zero attached hydrogens (tertiary/aromatic N) is 3. The van der Waals surface area contributed by atoms with Gasteiger partial charge in [0.1, 0.15) is 5.52 Å². The van der Waals surface area contributed by atoms with Gasteiger partial charge in [-0.25, -0.2) is 18.4 Å². The zero-order valence-electron chi connectivity index (χ0n) is 10.1. The second kappa shape index (κ2) is 4.26. The molecule has 2 heterocycles. The van der Waals surface area contributed by atoms with Crippen molar-refractivity contribution in [1.29, 1.82) is 0 Å². The van der Waals surface area contributed by atoms with Gasteiger partial charge in [-0.05, 0) is 12.1 Å². The summed E-state index contributed by atoms with van der Waals surface area (Å²) in [7, 11) is -3.81. The maximum Gasteiger partial charge on any atom is 0.461 e. The molecule has 2 aromatic heterocycles. The molecule has 0 amide bonds. The lowest BCUT2D eigenvalue weighted by Crippen LogP contribution is -2.36. The molecule has 0 aromatic carbocycles. The first-order valence-electron chi connectivity index (χ1n) is 5.09. The minimum atomic E-state index is -5.98. The fraction of sp³-hybridized carbons (Fsp3) is 0.333. The van der Waals surface area contributed by atoms with E-state index in [2.05, 4.69) is 9.97 Å². The Morgan fingerprint density at radius 2 is 1.71 bits per heavy atom. The number of aromatic nitrogens is 3. The van der Waals surface area contributed by atoms with Gasteiger partial charge >= 0.3 is 12.1 Å². The van der Waals surface area contributed by atoms with Gasteiger partial charge in [-0.1, -0.05) is 0 Å². The molecule has 0 aliphatic heterocycles. The Kier molecular flexibility index (Phi) is 3.12. The van der Waals surface area contributed by atoms with Crippen LogP contribution in [0.3, 0.4) is 0 Å². The van der Waals surface area contributed by atoms with Gasteiger partial charge in [0.25, 0.3) is 0 Å². The van der Waals surface area contributed by atoms with Gasteiger partial charge in [0, 0.05) is 6.26 Å². The lowest BCUT2D eigenvalue weighted by Gasteiger charge is -2.17. The molecule has 0 aliphatic carbocycles. The van der Waals surface area contributed by atoms with Crippen molar-refractivity contribution in [2.75, 3.05) is 6.26 Å². The highest BCUT2D eigenvalue weighted by Gasteiger charge is 2.62. The van der Waals surface area contributed by atoms with E-state index in [1.165, 1.54) is 0 Å². The van der Waals surface area contributed by atoms with Crippen molar-refractivity contribution in [3.05, 3.63) is 18.0 Å². The molecule has 0 spiro atoms. The average molecular weight is 331 g/mol. The molecule has 2 rings (SSSR count). The second-order valence-corrected chi connectivity index (χ2v) is 6.05. The third-order valence-corrected chi connectivity index (χ3v) is 3.47. The minimum Gasteiger partial charge on any atom is -0.426 e. The highest BCUT2D eigenvalue weighted by molar-refractivity contribution is 7.90. The molecular weight excluding hydrogens is 325 g/mol. The highest BCUT2D eigenvalue weighted by Crippen LogP contribution is 2.43. The van der Waals surface area contributed by atoms with Gasteiger partial charge in [0.05, 0.1) is 0 Å². The molecule has 12 heteroatoms. The van der Waals surface area contributed by atoms with E-state index < -0.39 is 48.7 Å². The van der Waals surface area contributed by atoms with Crippen molar-refractivity contribution >= 4 is 21.0 Å². The fourth-order valence-corrected chi connectivity index (χ4v) is 2.04.